The van der Waals surface area contributed by atoms with Gasteiger partial charge in [-0.1, -0.05) is 13.8 Å². The third kappa shape index (κ3) is 2.94. The maximum absolute atomic E-state index is 4.44. The van der Waals surface area contributed by atoms with Crippen LogP contribution >= 0.6 is 0 Å². The standard InChI is InChI=1S/C13H22N4/c1-3-7-17(12-5-6-14-9-12)13-8-11(4-2)15-10-16-13/h8,10,12,14H,3-7,9H2,1-2H3. The van der Waals surface area contributed by atoms with E-state index < -0.39 is 0 Å². The van der Waals surface area contributed by atoms with Crippen molar-refractivity contribution in [1.82, 2.24) is 15.3 Å². The summed E-state index contributed by atoms with van der Waals surface area (Å²) in [5, 5.41) is 3.42. The fraction of sp³-hybridized carbons (Fsp3) is 0.692. The van der Waals surface area contributed by atoms with E-state index in [2.05, 4.69) is 40.1 Å². The van der Waals surface area contributed by atoms with Gasteiger partial charge in [-0.15, -0.1) is 0 Å². The summed E-state index contributed by atoms with van der Waals surface area (Å²) in [5.41, 5.74) is 1.13. The van der Waals surface area contributed by atoms with Crippen molar-refractivity contribution in [3.05, 3.63) is 18.1 Å². The highest BCUT2D eigenvalue weighted by Gasteiger charge is 2.22. The maximum Gasteiger partial charge on any atom is 0.132 e. The van der Waals surface area contributed by atoms with Crippen LogP contribution in [0.3, 0.4) is 0 Å². The summed E-state index contributed by atoms with van der Waals surface area (Å²) in [7, 11) is 0. The van der Waals surface area contributed by atoms with E-state index in [1.807, 2.05) is 0 Å². The minimum atomic E-state index is 0.592. The second-order valence-corrected chi connectivity index (χ2v) is 4.56. The zero-order valence-corrected chi connectivity index (χ0v) is 10.8. The summed E-state index contributed by atoms with van der Waals surface area (Å²) in [6.07, 6.45) is 5.03. The van der Waals surface area contributed by atoms with Gasteiger partial charge in [-0.3, -0.25) is 0 Å². The number of rotatable bonds is 5. The number of hydrogen-bond donors (Lipinski definition) is 1. The lowest BCUT2D eigenvalue weighted by atomic mass is 10.2. The number of nitrogens with one attached hydrogen (secondary N) is 1. The maximum atomic E-state index is 4.44. The molecule has 1 aliphatic heterocycles. The van der Waals surface area contributed by atoms with Crippen LogP contribution in [0.15, 0.2) is 12.4 Å². The van der Waals surface area contributed by atoms with Crippen molar-refractivity contribution in [3.63, 3.8) is 0 Å². The first-order valence-corrected chi connectivity index (χ1v) is 6.63. The first kappa shape index (κ1) is 12.3. The number of anilines is 1. The van der Waals surface area contributed by atoms with Crippen molar-refractivity contribution >= 4 is 5.82 Å². The molecule has 1 saturated heterocycles. The minimum absolute atomic E-state index is 0.592. The SMILES string of the molecule is CCCN(c1cc(CC)ncn1)C1CCNC1. The molecule has 1 atom stereocenters. The summed E-state index contributed by atoms with van der Waals surface area (Å²) in [4.78, 5) is 11.1. The second-order valence-electron chi connectivity index (χ2n) is 4.56. The van der Waals surface area contributed by atoms with E-state index in [4.69, 9.17) is 0 Å². The Morgan fingerprint density at radius 1 is 1.41 bits per heavy atom. The Bertz CT molecular complexity index is 347. The van der Waals surface area contributed by atoms with Crippen LogP contribution in [-0.4, -0.2) is 35.6 Å². The van der Waals surface area contributed by atoms with Crippen LogP contribution in [0, 0.1) is 0 Å². The minimum Gasteiger partial charge on any atom is -0.352 e. The Labute approximate surface area is 103 Å². The first-order chi connectivity index (χ1) is 8.35. The number of aromatic nitrogens is 2. The molecule has 4 nitrogen and oxygen atoms in total. The fourth-order valence-electron chi connectivity index (χ4n) is 2.37. The molecule has 1 aromatic rings. The summed E-state index contributed by atoms with van der Waals surface area (Å²) in [6, 6.07) is 2.73. The van der Waals surface area contributed by atoms with Crippen LogP contribution in [0.25, 0.3) is 0 Å². The van der Waals surface area contributed by atoms with E-state index in [1.165, 1.54) is 6.42 Å². The Balaban J connectivity index is 2.18. The Morgan fingerprint density at radius 3 is 2.94 bits per heavy atom. The van der Waals surface area contributed by atoms with Crippen LogP contribution in [-0.2, 0) is 6.42 Å². The van der Waals surface area contributed by atoms with Gasteiger partial charge in [0.1, 0.15) is 12.1 Å². The average Bonchev–Trinajstić information content (AvgIpc) is 2.89. The molecule has 1 fully saturated rings. The largest absolute Gasteiger partial charge is 0.352 e. The second kappa shape index (κ2) is 5.96. The summed E-state index contributed by atoms with van der Waals surface area (Å²) in [6.45, 7) is 7.62. The van der Waals surface area contributed by atoms with Crippen LogP contribution in [0.5, 0.6) is 0 Å². The molecule has 0 aliphatic carbocycles. The first-order valence-electron chi connectivity index (χ1n) is 6.63. The van der Waals surface area contributed by atoms with Crippen LogP contribution < -0.4 is 10.2 Å². The highest BCUT2D eigenvalue weighted by Crippen LogP contribution is 2.18. The Morgan fingerprint density at radius 2 is 2.29 bits per heavy atom. The van der Waals surface area contributed by atoms with Crippen LogP contribution in [0.4, 0.5) is 5.82 Å². The van der Waals surface area contributed by atoms with E-state index in [1.54, 1.807) is 6.33 Å². The van der Waals surface area contributed by atoms with Crippen LogP contribution in [0.2, 0.25) is 0 Å². The third-order valence-electron chi connectivity index (χ3n) is 3.31. The zero-order chi connectivity index (χ0) is 12.1. The molecule has 1 aliphatic rings. The van der Waals surface area contributed by atoms with Crippen molar-refractivity contribution in [2.75, 3.05) is 24.5 Å². The zero-order valence-electron chi connectivity index (χ0n) is 10.8. The predicted octanol–water partition coefficient (Wildman–Crippen LogP) is 1.62. The number of aryl methyl sites for hydroxylation is 1. The number of nitrogens with zero attached hydrogens (tertiary/aromatic N) is 3. The van der Waals surface area contributed by atoms with Crippen molar-refractivity contribution in [1.29, 1.82) is 0 Å². The summed E-state index contributed by atoms with van der Waals surface area (Å²) >= 11 is 0. The normalized spacial score (nSPS) is 19.5. The van der Waals surface area contributed by atoms with Gasteiger partial charge >= 0.3 is 0 Å². The van der Waals surface area contributed by atoms with Gasteiger partial charge in [0, 0.05) is 30.9 Å². The fourth-order valence-corrected chi connectivity index (χ4v) is 2.37. The van der Waals surface area contributed by atoms with E-state index in [9.17, 15) is 0 Å². The predicted molar refractivity (Wildman–Crippen MR) is 70.3 cm³/mol. The molecular weight excluding hydrogens is 212 g/mol. The van der Waals surface area contributed by atoms with Gasteiger partial charge in [0.2, 0.25) is 0 Å². The monoisotopic (exact) mass is 234 g/mol. The molecule has 1 N–H and O–H groups in total. The molecule has 2 heterocycles. The molecule has 1 aromatic heterocycles. The van der Waals surface area contributed by atoms with Crippen LogP contribution in [0.1, 0.15) is 32.4 Å². The summed E-state index contributed by atoms with van der Waals surface area (Å²) in [5.74, 6) is 1.09. The Kier molecular flexibility index (Phi) is 4.31. The highest BCUT2D eigenvalue weighted by molar-refractivity contribution is 5.40. The van der Waals surface area contributed by atoms with E-state index in [0.29, 0.717) is 6.04 Å². The van der Waals surface area contributed by atoms with Gasteiger partial charge in [-0.05, 0) is 25.8 Å². The molecule has 1 unspecified atom stereocenters. The van der Waals surface area contributed by atoms with E-state index in [0.717, 1.165) is 44.0 Å². The van der Waals surface area contributed by atoms with Gasteiger partial charge < -0.3 is 10.2 Å². The van der Waals surface area contributed by atoms with Gasteiger partial charge in [0.05, 0.1) is 0 Å². The average molecular weight is 234 g/mol. The molecule has 2 rings (SSSR count). The van der Waals surface area contributed by atoms with Crippen molar-refractivity contribution in [2.24, 2.45) is 0 Å². The summed E-state index contributed by atoms with van der Waals surface area (Å²) < 4.78 is 0. The molecule has 0 spiro atoms. The van der Waals surface area contributed by atoms with Crippen molar-refractivity contribution < 1.29 is 0 Å². The smallest absolute Gasteiger partial charge is 0.132 e. The van der Waals surface area contributed by atoms with Crippen molar-refractivity contribution in [2.45, 2.75) is 39.2 Å². The van der Waals surface area contributed by atoms with Crippen molar-refractivity contribution in [3.8, 4) is 0 Å². The number of hydrogen-bond acceptors (Lipinski definition) is 4. The van der Waals surface area contributed by atoms with Gasteiger partial charge in [-0.2, -0.15) is 0 Å². The molecular formula is C13H22N4. The van der Waals surface area contributed by atoms with Gasteiger partial charge in [-0.25, -0.2) is 9.97 Å². The molecule has 17 heavy (non-hydrogen) atoms. The van der Waals surface area contributed by atoms with E-state index >= 15 is 0 Å². The van der Waals surface area contributed by atoms with Gasteiger partial charge in [0.15, 0.2) is 0 Å². The lowest BCUT2D eigenvalue weighted by molar-refractivity contribution is 0.616. The molecule has 0 saturated carbocycles. The van der Waals surface area contributed by atoms with E-state index in [-0.39, 0.29) is 0 Å². The molecule has 4 heteroatoms. The molecule has 0 aromatic carbocycles. The van der Waals surface area contributed by atoms with Gasteiger partial charge in [0.25, 0.3) is 0 Å². The highest BCUT2D eigenvalue weighted by atomic mass is 15.2. The molecule has 0 amide bonds. The lowest BCUT2D eigenvalue weighted by Gasteiger charge is -2.29. The lowest BCUT2D eigenvalue weighted by Crippen LogP contribution is -2.38. The molecule has 0 radical (unpaired) electrons. The topological polar surface area (TPSA) is 41.1 Å². The third-order valence-corrected chi connectivity index (χ3v) is 3.31. The molecule has 0 bridgehead atoms. The molecule has 94 valence electrons. The Hall–Kier alpha value is -1.16. The quantitative estimate of drug-likeness (QED) is 0.840.